The summed E-state index contributed by atoms with van der Waals surface area (Å²) < 4.78 is 28.4. The van der Waals surface area contributed by atoms with E-state index >= 15 is 0 Å². The molecule has 0 N–H and O–H groups in total. The van der Waals surface area contributed by atoms with Crippen molar-refractivity contribution in [3.05, 3.63) is 27.9 Å². The van der Waals surface area contributed by atoms with E-state index in [0.29, 0.717) is 18.7 Å². The van der Waals surface area contributed by atoms with E-state index < -0.39 is 33.1 Å². The first-order chi connectivity index (χ1) is 11.2. The van der Waals surface area contributed by atoms with Gasteiger partial charge < -0.3 is 19.8 Å². The molecule has 1 saturated heterocycles. The van der Waals surface area contributed by atoms with Crippen molar-refractivity contribution in [1.29, 1.82) is 0 Å². The predicted molar refractivity (Wildman–Crippen MR) is 85.6 cm³/mol. The molecule has 2 rings (SSSR count). The number of hydrogen-bond donors (Lipinski definition) is 0. The van der Waals surface area contributed by atoms with Crippen LogP contribution in [-0.2, 0) is 14.6 Å². The van der Waals surface area contributed by atoms with Crippen molar-refractivity contribution in [2.75, 3.05) is 24.7 Å². The van der Waals surface area contributed by atoms with Crippen LogP contribution in [0.15, 0.2) is 12.1 Å². The minimum Gasteiger partial charge on any atom is -0.476 e. The van der Waals surface area contributed by atoms with E-state index in [2.05, 4.69) is 4.98 Å². The molecule has 1 amide bonds. The maximum atomic E-state index is 12.3. The third kappa shape index (κ3) is 4.19. The number of hydrogen-bond acceptors (Lipinski definition) is 7. The van der Waals surface area contributed by atoms with Gasteiger partial charge in [-0.1, -0.05) is 0 Å². The van der Waals surface area contributed by atoms with E-state index in [1.165, 1.54) is 11.0 Å². The molecule has 1 aromatic rings. The number of aromatic nitrogens is 1. The van der Waals surface area contributed by atoms with E-state index in [9.17, 15) is 23.3 Å². The Hall–Kier alpha value is -2.23. The number of ether oxygens (including phenoxy) is 1. The molecule has 2 heterocycles. The number of sulfone groups is 1. The zero-order chi connectivity index (χ0) is 17.9. The van der Waals surface area contributed by atoms with Gasteiger partial charge in [0.05, 0.1) is 11.5 Å². The SMILES string of the molecule is CCN(C(=O)COc1ccc(C)nc1[N+](=O)[O-])[C@@H]1CCS(=O)(=O)C1. The van der Waals surface area contributed by atoms with Gasteiger partial charge >= 0.3 is 5.82 Å². The first-order valence-corrected chi connectivity index (χ1v) is 9.30. The Kier molecular flexibility index (Phi) is 5.37. The van der Waals surface area contributed by atoms with Crippen molar-refractivity contribution in [3.8, 4) is 5.75 Å². The number of likely N-dealkylation sites (N-methyl/N-ethyl adjacent to an activating group) is 1. The van der Waals surface area contributed by atoms with Gasteiger partial charge in [0.15, 0.2) is 16.4 Å². The molecule has 0 aliphatic carbocycles. The van der Waals surface area contributed by atoms with E-state index in [1.54, 1.807) is 19.9 Å². The highest BCUT2D eigenvalue weighted by molar-refractivity contribution is 7.91. The summed E-state index contributed by atoms with van der Waals surface area (Å²) in [6.45, 7) is 3.30. The van der Waals surface area contributed by atoms with Crippen molar-refractivity contribution >= 4 is 21.6 Å². The maximum absolute atomic E-state index is 12.3. The van der Waals surface area contributed by atoms with E-state index in [0.717, 1.165) is 0 Å². The minimum atomic E-state index is -3.11. The fourth-order valence-corrected chi connectivity index (χ4v) is 4.39. The van der Waals surface area contributed by atoms with Gasteiger partial charge in [-0.15, -0.1) is 0 Å². The van der Waals surface area contributed by atoms with Crippen LogP contribution >= 0.6 is 0 Å². The Balaban J connectivity index is 2.06. The summed E-state index contributed by atoms with van der Waals surface area (Å²) in [5.74, 6) is -0.938. The Bertz CT molecular complexity index is 749. The molecule has 24 heavy (non-hydrogen) atoms. The minimum absolute atomic E-state index is 0.0567. The van der Waals surface area contributed by atoms with Gasteiger partial charge in [-0.25, -0.2) is 8.42 Å². The quantitative estimate of drug-likeness (QED) is 0.543. The molecule has 1 aliphatic heterocycles. The summed E-state index contributed by atoms with van der Waals surface area (Å²) in [5, 5.41) is 11.0. The number of nitro groups is 1. The van der Waals surface area contributed by atoms with Gasteiger partial charge in [0.2, 0.25) is 5.75 Å². The van der Waals surface area contributed by atoms with Gasteiger partial charge in [-0.2, -0.15) is 0 Å². The van der Waals surface area contributed by atoms with E-state index in [-0.39, 0.29) is 23.3 Å². The second-order valence-electron chi connectivity index (χ2n) is 5.56. The Morgan fingerprint density at radius 1 is 1.50 bits per heavy atom. The van der Waals surface area contributed by atoms with Crippen molar-refractivity contribution in [3.63, 3.8) is 0 Å². The molecule has 1 aromatic heterocycles. The largest absolute Gasteiger partial charge is 0.476 e. The second kappa shape index (κ2) is 7.12. The maximum Gasteiger partial charge on any atom is 0.406 e. The van der Waals surface area contributed by atoms with E-state index in [1.807, 2.05) is 0 Å². The average molecular weight is 357 g/mol. The fourth-order valence-electron chi connectivity index (χ4n) is 2.66. The molecule has 0 radical (unpaired) electrons. The van der Waals surface area contributed by atoms with Crippen LogP contribution in [0.5, 0.6) is 5.75 Å². The monoisotopic (exact) mass is 357 g/mol. The zero-order valence-corrected chi connectivity index (χ0v) is 14.3. The molecular formula is C14H19N3O6S. The number of nitrogens with zero attached hydrogens (tertiary/aromatic N) is 3. The molecule has 1 aliphatic rings. The summed E-state index contributed by atoms with van der Waals surface area (Å²) in [5.41, 5.74) is 0.465. The Morgan fingerprint density at radius 3 is 2.75 bits per heavy atom. The summed E-state index contributed by atoms with van der Waals surface area (Å²) in [4.78, 5) is 27.9. The highest BCUT2D eigenvalue weighted by Gasteiger charge is 2.34. The molecule has 10 heteroatoms. The fraction of sp³-hybridized carbons (Fsp3) is 0.571. The molecule has 0 spiro atoms. The number of carbonyl (C=O) groups is 1. The molecule has 0 bridgehead atoms. The summed E-state index contributed by atoms with van der Waals surface area (Å²) in [6, 6.07) is 2.57. The molecule has 0 unspecified atom stereocenters. The topological polar surface area (TPSA) is 120 Å². The smallest absolute Gasteiger partial charge is 0.406 e. The van der Waals surface area contributed by atoms with Gasteiger partial charge in [-0.3, -0.25) is 4.79 Å². The van der Waals surface area contributed by atoms with Crippen LogP contribution in [-0.4, -0.2) is 59.8 Å². The summed E-state index contributed by atoms with van der Waals surface area (Å²) in [7, 11) is -3.11. The first kappa shape index (κ1) is 18.1. The van der Waals surface area contributed by atoms with Crippen molar-refractivity contribution in [2.45, 2.75) is 26.3 Å². The third-order valence-electron chi connectivity index (χ3n) is 3.81. The lowest BCUT2D eigenvalue weighted by Crippen LogP contribution is -2.43. The predicted octanol–water partition coefficient (Wildman–Crippen LogP) is 0.713. The lowest BCUT2D eigenvalue weighted by atomic mass is 10.2. The number of amides is 1. The number of rotatable bonds is 6. The molecule has 132 valence electrons. The number of carbonyl (C=O) groups excluding carboxylic acids is 1. The third-order valence-corrected chi connectivity index (χ3v) is 5.56. The standard InChI is InChI=1S/C14H19N3O6S/c1-3-16(11-6-7-24(21,22)9-11)13(18)8-23-12-5-4-10(2)15-14(12)17(19)20/h4-5,11H,3,6-9H2,1-2H3/t11-/m1/s1. The van der Waals surface area contributed by atoms with Gasteiger partial charge in [0.1, 0.15) is 5.69 Å². The number of aryl methyl sites for hydroxylation is 1. The van der Waals surface area contributed by atoms with Crippen molar-refractivity contribution in [2.24, 2.45) is 0 Å². The molecule has 1 atom stereocenters. The Labute approximate surface area is 139 Å². The summed E-state index contributed by atoms with van der Waals surface area (Å²) in [6.07, 6.45) is 0.397. The van der Waals surface area contributed by atoms with Crippen LogP contribution in [0.25, 0.3) is 0 Å². The molecular weight excluding hydrogens is 338 g/mol. The lowest BCUT2D eigenvalue weighted by Gasteiger charge is -2.26. The lowest BCUT2D eigenvalue weighted by molar-refractivity contribution is -0.390. The summed E-state index contributed by atoms with van der Waals surface area (Å²) >= 11 is 0. The Morgan fingerprint density at radius 2 is 2.21 bits per heavy atom. The van der Waals surface area contributed by atoms with Crippen molar-refractivity contribution in [1.82, 2.24) is 9.88 Å². The highest BCUT2D eigenvalue weighted by atomic mass is 32.2. The first-order valence-electron chi connectivity index (χ1n) is 7.48. The van der Waals surface area contributed by atoms with Gasteiger partial charge in [0.25, 0.3) is 5.91 Å². The molecule has 0 aromatic carbocycles. The van der Waals surface area contributed by atoms with E-state index in [4.69, 9.17) is 4.74 Å². The van der Waals surface area contributed by atoms with Crippen LogP contribution in [0.3, 0.4) is 0 Å². The van der Waals surface area contributed by atoms with Crippen LogP contribution in [0.2, 0.25) is 0 Å². The number of pyridine rings is 1. The van der Waals surface area contributed by atoms with Crippen LogP contribution < -0.4 is 4.74 Å². The average Bonchev–Trinajstić information content (AvgIpc) is 2.86. The molecule has 1 fully saturated rings. The zero-order valence-electron chi connectivity index (χ0n) is 13.5. The van der Waals surface area contributed by atoms with Crippen molar-refractivity contribution < 1.29 is 22.9 Å². The van der Waals surface area contributed by atoms with Crippen LogP contribution in [0.1, 0.15) is 19.0 Å². The van der Waals surface area contributed by atoms with Crippen LogP contribution in [0.4, 0.5) is 5.82 Å². The second-order valence-corrected chi connectivity index (χ2v) is 7.79. The molecule has 9 nitrogen and oxygen atoms in total. The molecule has 0 saturated carbocycles. The normalized spacial score (nSPS) is 19.0. The van der Waals surface area contributed by atoms with Crippen LogP contribution in [0, 0.1) is 17.0 Å². The van der Waals surface area contributed by atoms with Gasteiger partial charge in [-0.05, 0) is 35.4 Å². The highest BCUT2D eigenvalue weighted by Crippen LogP contribution is 2.25. The van der Waals surface area contributed by atoms with Gasteiger partial charge in [0, 0.05) is 19.5 Å².